The van der Waals surface area contributed by atoms with Crippen molar-refractivity contribution in [2.24, 2.45) is 5.73 Å². The third-order valence-corrected chi connectivity index (χ3v) is 3.95. The van der Waals surface area contributed by atoms with Gasteiger partial charge in [0.25, 0.3) is 0 Å². The second-order valence-corrected chi connectivity index (χ2v) is 6.28. The summed E-state index contributed by atoms with van der Waals surface area (Å²) in [5, 5.41) is 0. The summed E-state index contributed by atoms with van der Waals surface area (Å²) in [4.78, 5) is 6.77. The Kier molecular flexibility index (Phi) is 6.01. The zero-order chi connectivity index (χ0) is 14.4. The Balaban J connectivity index is 2.22. The summed E-state index contributed by atoms with van der Waals surface area (Å²) in [6.07, 6.45) is 2.76. The molecule has 3 nitrogen and oxygen atoms in total. The van der Waals surface area contributed by atoms with Crippen LogP contribution in [0.5, 0.6) is 0 Å². The van der Waals surface area contributed by atoms with E-state index in [1.807, 2.05) is 18.3 Å². The van der Waals surface area contributed by atoms with E-state index in [2.05, 4.69) is 66.0 Å². The minimum atomic E-state index is 0.680. The average Bonchev–Trinajstić information content (AvgIpc) is 2.45. The molecule has 0 atom stereocenters. The monoisotopic (exact) mass is 397 g/mol. The van der Waals surface area contributed by atoms with Gasteiger partial charge in [-0.3, -0.25) is 0 Å². The number of benzene rings is 1. The normalized spacial score (nSPS) is 10.6. The molecule has 0 saturated carbocycles. The number of anilines is 1. The van der Waals surface area contributed by atoms with E-state index in [9.17, 15) is 0 Å². The van der Waals surface area contributed by atoms with E-state index in [0.717, 1.165) is 34.3 Å². The van der Waals surface area contributed by atoms with Crippen LogP contribution in [-0.2, 0) is 6.54 Å². The van der Waals surface area contributed by atoms with Gasteiger partial charge in [0, 0.05) is 23.8 Å². The van der Waals surface area contributed by atoms with Gasteiger partial charge in [0.15, 0.2) is 0 Å². The van der Waals surface area contributed by atoms with Crippen molar-refractivity contribution in [3.8, 4) is 0 Å². The molecule has 0 radical (unpaired) electrons. The van der Waals surface area contributed by atoms with Crippen molar-refractivity contribution in [1.82, 2.24) is 4.98 Å². The summed E-state index contributed by atoms with van der Waals surface area (Å²) < 4.78 is 1.95. The van der Waals surface area contributed by atoms with Crippen LogP contribution in [-0.4, -0.2) is 18.1 Å². The second kappa shape index (κ2) is 7.76. The first-order valence-corrected chi connectivity index (χ1v) is 8.09. The summed E-state index contributed by atoms with van der Waals surface area (Å²) in [5.74, 6) is 0.950. The number of aromatic nitrogens is 1. The van der Waals surface area contributed by atoms with Gasteiger partial charge in [-0.1, -0.05) is 30.3 Å². The van der Waals surface area contributed by atoms with Crippen molar-refractivity contribution in [2.45, 2.75) is 13.0 Å². The number of nitrogens with zero attached hydrogens (tertiary/aromatic N) is 2. The molecule has 0 saturated heterocycles. The first-order valence-electron chi connectivity index (χ1n) is 6.50. The molecule has 1 aromatic heterocycles. The first-order chi connectivity index (χ1) is 9.70. The van der Waals surface area contributed by atoms with Gasteiger partial charge in [0.05, 0.1) is 4.47 Å². The fraction of sp³-hybridized carbons (Fsp3) is 0.267. The van der Waals surface area contributed by atoms with Gasteiger partial charge in [-0.05, 0) is 56.5 Å². The van der Waals surface area contributed by atoms with Crippen LogP contribution in [0.25, 0.3) is 0 Å². The molecule has 2 N–H and O–H groups in total. The molecule has 0 spiro atoms. The molecule has 2 aromatic rings. The van der Waals surface area contributed by atoms with Crippen LogP contribution in [0.4, 0.5) is 5.82 Å². The highest BCUT2D eigenvalue weighted by Crippen LogP contribution is 2.27. The highest BCUT2D eigenvalue weighted by molar-refractivity contribution is 9.11. The van der Waals surface area contributed by atoms with Crippen molar-refractivity contribution < 1.29 is 0 Å². The van der Waals surface area contributed by atoms with Gasteiger partial charge < -0.3 is 10.6 Å². The Morgan fingerprint density at radius 1 is 1.15 bits per heavy atom. The maximum atomic E-state index is 5.64. The molecule has 0 fully saturated rings. The molecule has 0 aliphatic heterocycles. The number of pyridine rings is 1. The van der Waals surface area contributed by atoms with Gasteiger partial charge in [-0.15, -0.1) is 0 Å². The quantitative estimate of drug-likeness (QED) is 0.800. The summed E-state index contributed by atoms with van der Waals surface area (Å²) in [7, 11) is 0. The number of hydrogen-bond acceptors (Lipinski definition) is 3. The average molecular weight is 399 g/mol. The SMILES string of the molecule is NCCCN(Cc1ccccc1)c1ncc(Br)cc1Br. The van der Waals surface area contributed by atoms with E-state index in [1.165, 1.54) is 5.56 Å². The van der Waals surface area contributed by atoms with Crippen LogP contribution in [0.3, 0.4) is 0 Å². The molecule has 0 unspecified atom stereocenters. The Bertz CT molecular complexity index is 546. The predicted octanol–water partition coefficient (Wildman–Crippen LogP) is 3.96. The highest BCUT2D eigenvalue weighted by Gasteiger charge is 2.12. The van der Waals surface area contributed by atoms with E-state index >= 15 is 0 Å². The van der Waals surface area contributed by atoms with Crippen molar-refractivity contribution in [3.63, 3.8) is 0 Å². The second-order valence-electron chi connectivity index (χ2n) is 4.51. The van der Waals surface area contributed by atoms with Crippen molar-refractivity contribution in [3.05, 3.63) is 57.1 Å². The Morgan fingerprint density at radius 3 is 2.55 bits per heavy atom. The molecular weight excluding hydrogens is 382 g/mol. The molecule has 0 amide bonds. The van der Waals surface area contributed by atoms with Gasteiger partial charge in [-0.25, -0.2) is 4.98 Å². The molecule has 106 valence electrons. The van der Waals surface area contributed by atoms with Crippen molar-refractivity contribution >= 4 is 37.7 Å². The van der Waals surface area contributed by atoms with Crippen LogP contribution < -0.4 is 10.6 Å². The molecule has 2 rings (SSSR count). The molecule has 1 aromatic carbocycles. The minimum Gasteiger partial charge on any atom is -0.351 e. The van der Waals surface area contributed by atoms with Crippen LogP contribution in [0, 0.1) is 0 Å². The van der Waals surface area contributed by atoms with E-state index in [1.54, 1.807) is 0 Å². The van der Waals surface area contributed by atoms with Crippen molar-refractivity contribution in [2.75, 3.05) is 18.0 Å². The van der Waals surface area contributed by atoms with Crippen LogP contribution >= 0.6 is 31.9 Å². The summed E-state index contributed by atoms with van der Waals surface area (Å²) >= 11 is 7.02. The standard InChI is InChI=1S/C15H17Br2N3/c16-13-9-14(17)15(19-10-13)20(8-4-7-18)11-12-5-2-1-3-6-12/h1-3,5-6,9-10H,4,7-8,11,18H2. The Morgan fingerprint density at radius 2 is 1.90 bits per heavy atom. The Hall–Kier alpha value is -0.910. The lowest BCUT2D eigenvalue weighted by Crippen LogP contribution is -2.26. The molecule has 5 heteroatoms. The fourth-order valence-electron chi connectivity index (χ4n) is 1.99. The topological polar surface area (TPSA) is 42.1 Å². The Labute approximate surface area is 136 Å². The smallest absolute Gasteiger partial charge is 0.143 e. The number of rotatable bonds is 6. The number of halogens is 2. The number of nitrogens with two attached hydrogens (primary N) is 1. The van der Waals surface area contributed by atoms with Crippen LogP contribution in [0.1, 0.15) is 12.0 Å². The molecule has 0 aliphatic carbocycles. The zero-order valence-electron chi connectivity index (χ0n) is 11.1. The van der Waals surface area contributed by atoms with Crippen molar-refractivity contribution in [1.29, 1.82) is 0 Å². The van der Waals surface area contributed by atoms with Gasteiger partial charge in [-0.2, -0.15) is 0 Å². The van der Waals surface area contributed by atoms with Gasteiger partial charge in [0.1, 0.15) is 5.82 Å². The van der Waals surface area contributed by atoms with Gasteiger partial charge >= 0.3 is 0 Å². The lowest BCUT2D eigenvalue weighted by molar-refractivity contribution is 0.724. The molecule has 0 aliphatic rings. The lowest BCUT2D eigenvalue weighted by Gasteiger charge is -2.25. The summed E-state index contributed by atoms with van der Waals surface area (Å²) in [6.45, 7) is 2.39. The molecule has 0 bridgehead atoms. The summed E-state index contributed by atoms with van der Waals surface area (Å²) in [6, 6.07) is 12.4. The van der Waals surface area contributed by atoms with E-state index < -0.39 is 0 Å². The highest BCUT2D eigenvalue weighted by atomic mass is 79.9. The molecule has 20 heavy (non-hydrogen) atoms. The lowest BCUT2D eigenvalue weighted by atomic mass is 10.2. The maximum absolute atomic E-state index is 5.64. The minimum absolute atomic E-state index is 0.680. The van der Waals surface area contributed by atoms with Crippen LogP contribution in [0.2, 0.25) is 0 Å². The zero-order valence-corrected chi connectivity index (χ0v) is 14.3. The summed E-state index contributed by atoms with van der Waals surface area (Å²) in [5.41, 5.74) is 6.91. The molecular formula is C15H17Br2N3. The maximum Gasteiger partial charge on any atom is 0.143 e. The van der Waals surface area contributed by atoms with E-state index in [-0.39, 0.29) is 0 Å². The predicted molar refractivity (Wildman–Crippen MR) is 90.8 cm³/mol. The third-order valence-electron chi connectivity index (χ3n) is 2.94. The molecule has 1 heterocycles. The largest absolute Gasteiger partial charge is 0.351 e. The fourth-order valence-corrected chi connectivity index (χ4v) is 3.22. The van der Waals surface area contributed by atoms with Gasteiger partial charge in [0.2, 0.25) is 0 Å². The third kappa shape index (κ3) is 4.30. The van der Waals surface area contributed by atoms with E-state index in [0.29, 0.717) is 6.54 Å². The van der Waals surface area contributed by atoms with E-state index in [4.69, 9.17) is 5.73 Å². The van der Waals surface area contributed by atoms with Crippen LogP contribution in [0.15, 0.2) is 51.5 Å². The first kappa shape index (κ1) is 15.5. The number of hydrogen-bond donors (Lipinski definition) is 1.